The van der Waals surface area contributed by atoms with Gasteiger partial charge in [0, 0.05) is 19.1 Å². The standard InChI is InChI=1S/C15H18FN5O.ClH/c1-17-12-6-8-20(9-7-12)15(22)14-10-18-21(19-14)13-4-2-11(16)3-5-13;/h2-5,10,12,17H,6-9H2,1H3;1H. The van der Waals surface area contributed by atoms with Crippen LogP contribution in [0.1, 0.15) is 23.3 Å². The van der Waals surface area contributed by atoms with Crippen LogP contribution in [0, 0.1) is 5.82 Å². The Bertz CT molecular complexity index is 652. The van der Waals surface area contributed by atoms with Crippen LogP contribution in [0.4, 0.5) is 4.39 Å². The Balaban J connectivity index is 0.00000192. The zero-order valence-corrected chi connectivity index (χ0v) is 13.6. The van der Waals surface area contributed by atoms with E-state index in [4.69, 9.17) is 0 Å². The normalized spacial score (nSPS) is 15.3. The Kier molecular flexibility index (Phi) is 5.68. The monoisotopic (exact) mass is 339 g/mol. The minimum Gasteiger partial charge on any atom is -0.337 e. The van der Waals surface area contributed by atoms with Gasteiger partial charge in [0.2, 0.25) is 0 Å². The molecule has 0 atom stereocenters. The number of hydrogen-bond acceptors (Lipinski definition) is 4. The van der Waals surface area contributed by atoms with Gasteiger partial charge >= 0.3 is 0 Å². The number of hydrogen-bond donors (Lipinski definition) is 1. The molecule has 0 radical (unpaired) electrons. The summed E-state index contributed by atoms with van der Waals surface area (Å²) in [5.41, 5.74) is 0.932. The maximum absolute atomic E-state index is 12.9. The second kappa shape index (κ2) is 7.52. The molecule has 2 heterocycles. The SMILES string of the molecule is CNC1CCN(C(=O)c2cnn(-c3ccc(F)cc3)n2)CC1.Cl. The van der Waals surface area contributed by atoms with E-state index in [0.717, 1.165) is 12.8 Å². The minimum atomic E-state index is -0.320. The van der Waals surface area contributed by atoms with Crippen molar-refractivity contribution in [3.05, 3.63) is 42.0 Å². The molecule has 1 aliphatic rings. The van der Waals surface area contributed by atoms with Gasteiger partial charge in [-0.05, 0) is 44.2 Å². The summed E-state index contributed by atoms with van der Waals surface area (Å²) in [5.74, 6) is -0.428. The largest absolute Gasteiger partial charge is 0.337 e. The number of nitrogens with zero attached hydrogens (tertiary/aromatic N) is 4. The lowest BCUT2D eigenvalue weighted by atomic mass is 10.1. The van der Waals surface area contributed by atoms with Crippen molar-refractivity contribution in [2.24, 2.45) is 0 Å². The van der Waals surface area contributed by atoms with Gasteiger partial charge in [-0.25, -0.2) is 4.39 Å². The molecular formula is C15H19ClFN5O. The van der Waals surface area contributed by atoms with Gasteiger partial charge in [0.05, 0.1) is 11.9 Å². The molecule has 1 saturated heterocycles. The highest BCUT2D eigenvalue weighted by molar-refractivity contribution is 5.92. The minimum absolute atomic E-state index is 0. The van der Waals surface area contributed by atoms with Crippen LogP contribution in [0.2, 0.25) is 0 Å². The molecule has 1 N–H and O–H groups in total. The average Bonchev–Trinajstić information content (AvgIpc) is 3.05. The zero-order valence-electron chi connectivity index (χ0n) is 12.8. The topological polar surface area (TPSA) is 63.1 Å². The van der Waals surface area contributed by atoms with E-state index in [0.29, 0.717) is 30.5 Å². The van der Waals surface area contributed by atoms with Gasteiger partial charge in [0.15, 0.2) is 5.69 Å². The molecule has 1 fully saturated rings. The lowest BCUT2D eigenvalue weighted by molar-refractivity contribution is 0.0701. The summed E-state index contributed by atoms with van der Waals surface area (Å²) >= 11 is 0. The van der Waals surface area contributed by atoms with Crippen LogP contribution >= 0.6 is 12.4 Å². The number of aromatic nitrogens is 3. The van der Waals surface area contributed by atoms with Gasteiger partial charge < -0.3 is 10.2 Å². The van der Waals surface area contributed by atoms with Crippen molar-refractivity contribution in [3.63, 3.8) is 0 Å². The highest BCUT2D eigenvalue weighted by atomic mass is 35.5. The molecule has 1 amide bonds. The Morgan fingerprint density at radius 2 is 1.91 bits per heavy atom. The molecule has 0 unspecified atom stereocenters. The van der Waals surface area contributed by atoms with Crippen molar-refractivity contribution in [1.82, 2.24) is 25.2 Å². The maximum atomic E-state index is 12.9. The number of piperidine rings is 1. The van der Waals surface area contributed by atoms with Gasteiger partial charge in [-0.15, -0.1) is 17.5 Å². The van der Waals surface area contributed by atoms with E-state index in [2.05, 4.69) is 15.5 Å². The molecule has 23 heavy (non-hydrogen) atoms. The quantitative estimate of drug-likeness (QED) is 0.923. The van der Waals surface area contributed by atoms with E-state index in [1.165, 1.54) is 23.1 Å². The third kappa shape index (κ3) is 3.86. The van der Waals surface area contributed by atoms with Crippen LogP contribution in [-0.2, 0) is 0 Å². The van der Waals surface area contributed by atoms with Crippen LogP contribution in [0.25, 0.3) is 5.69 Å². The van der Waals surface area contributed by atoms with Gasteiger partial charge in [-0.2, -0.15) is 9.90 Å². The number of nitrogens with one attached hydrogen (secondary N) is 1. The molecule has 3 rings (SSSR count). The van der Waals surface area contributed by atoms with E-state index in [1.807, 2.05) is 7.05 Å². The van der Waals surface area contributed by atoms with E-state index in [9.17, 15) is 9.18 Å². The van der Waals surface area contributed by atoms with Crippen molar-refractivity contribution in [3.8, 4) is 5.69 Å². The Hall–Kier alpha value is -1.99. The van der Waals surface area contributed by atoms with Crippen LogP contribution in [-0.4, -0.2) is 52.0 Å². The first-order valence-corrected chi connectivity index (χ1v) is 7.32. The molecule has 1 aromatic carbocycles. The maximum Gasteiger partial charge on any atom is 0.276 e. The van der Waals surface area contributed by atoms with Crippen LogP contribution in [0.15, 0.2) is 30.5 Å². The zero-order chi connectivity index (χ0) is 15.5. The number of halogens is 2. The van der Waals surface area contributed by atoms with Crippen molar-refractivity contribution < 1.29 is 9.18 Å². The number of benzene rings is 1. The van der Waals surface area contributed by atoms with Crippen LogP contribution in [0.5, 0.6) is 0 Å². The van der Waals surface area contributed by atoms with E-state index in [1.54, 1.807) is 17.0 Å². The Morgan fingerprint density at radius 1 is 1.26 bits per heavy atom. The summed E-state index contributed by atoms with van der Waals surface area (Å²) in [6.45, 7) is 1.43. The fourth-order valence-corrected chi connectivity index (χ4v) is 2.59. The Labute approximate surface area is 140 Å². The summed E-state index contributed by atoms with van der Waals surface area (Å²) in [6, 6.07) is 6.29. The summed E-state index contributed by atoms with van der Waals surface area (Å²) in [7, 11) is 1.94. The fourth-order valence-electron chi connectivity index (χ4n) is 2.59. The first kappa shape index (κ1) is 17.4. The molecule has 2 aromatic rings. The average molecular weight is 340 g/mol. The van der Waals surface area contributed by atoms with Crippen molar-refractivity contribution in [1.29, 1.82) is 0 Å². The molecular weight excluding hydrogens is 321 g/mol. The molecule has 8 heteroatoms. The lowest BCUT2D eigenvalue weighted by Crippen LogP contribution is -2.44. The summed E-state index contributed by atoms with van der Waals surface area (Å²) in [4.78, 5) is 15.6. The van der Waals surface area contributed by atoms with Gasteiger partial charge in [-0.3, -0.25) is 4.79 Å². The highest BCUT2D eigenvalue weighted by Crippen LogP contribution is 2.13. The predicted molar refractivity (Wildman–Crippen MR) is 86.6 cm³/mol. The van der Waals surface area contributed by atoms with Crippen molar-refractivity contribution in [2.75, 3.05) is 20.1 Å². The number of amides is 1. The number of rotatable bonds is 3. The molecule has 0 aliphatic carbocycles. The van der Waals surface area contributed by atoms with Gasteiger partial charge in [0.1, 0.15) is 5.82 Å². The molecule has 1 aromatic heterocycles. The second-order valence-corrected chi connectivity index (χ2v) is 5.35. The summed E-state index contributed by atoms with van der Waals surface area (Å²) < 4.78 is 12.9. The van der Waals surface area contributed by atoms with Crippen LogP contribution in [0.3, 0.4) is 0 Å². The number of carbonyl (C=O) groups excluding carboxylic acids is 1. The van der Waals surface area contributed by atoms with E-state index >= 15 is 0 Å². The Morgan fingerprint density at radius 3 is 2.52 bits per heavy atom. The molecule has 1 aliphatic heterocycles. The summed E-state index contributed by atoms with van der Waals surface area (Å²) in [6.07, 6.45) is 3.33. The molecule has 0 bridgehead atoms. The third-order valence-electron chi connectivity index (χ3n) is 3.96. The van der Waals surface area contributed by atoms with Gasteiger partial charge in [0.25, 0.3) is 5.91 Å². The smallest absolute Gasteiger partial charge is 0.276 e. The molecule has 0 saturated carbocycles. The first-order valence-electron chi connectivity index (χ1n) is 7.32. The van der Waals surface area contributed by atoms with E-state index in [-0.39, 0.29) is 24.1 Å². The van der Waals surface area contributed by atoms with E-state index < -0.39 is 0 Å². The van der Waals surface area contributed by atoms with Crippen molar-refractivity contribution in [2.45, 2.75) is 18.9 Å². The lowest BCUT2D eigenvalue weighted by Gasteiger charge is -2.31. The van der Waals surface area contributed by atoms with Crippen molar-refractivity contribution >= 4 is 18.3 Å². The highest BCUT2D eigenvalue weighted by Gasteiger charge is 2.24. The van der Waals surface area contributed by atoms with Crippen LogP contribution < -0.4 is 5.32 Å². The fraction of sp³-hybridized carbons (Fsp3) is 0.400. The molecule has 6 nitrogen and oxygen atoms in total. The molecule has 124 valence electrons. The molecule has 0 spiro atoms. The predicted octanol–water partition coefficient (Wildman–Crippen LogP) is 1.65. The van der Waals surface area contributed by atoms with Gasteiger partial charge in [-0.1, -0.05) is 0 Å². The third-order valence-corrected chi connectivity index (χ3v) is 3.96. The first-order chi connectivity index (χ1) is 10.7. The second-order valence-electron chi connectivity index (χ2n) is 5.35. The summed E-state index contributed by atoms with van der Waals surface area (Å²) in [5, 5.41) is 11.5. The number of likely N-dealkylation sites (tertiary alicyclic amines) is 1. The number of carbonyl (C=O) groups is 1.